The van der Waals surface area contributed by atoms with E-state index < -0.39 is 0 Å². The number of ether oxygens (including phenoxy) is 2. The number of amides is 1. The Morgan fingerprint density at radius 1 is 1.37 bits per heavy atom. The van der Waals surface area contributed by atoms with Gasteiger partial charge in [0, 0.05) is 24.9 Å². The predicted octanol–water partition coefficient (Wildman–Crippen LogP) is 2.19. The zero-order valence-corrected chi connectivity index (χ0v) is 11.2. The number of fused-ring (bicyclic) bond motifs is 3. The van der Waals surface area contributed by atoms with Gasteiger partial charge < -0.3 is 14.8 Å². The van der Waals surface area contributed by atoms with Crippen LogP contribution in [-0.2, 0) is 17.6 Å². The minimum Gasteiger partial charge on any atom is -0.451 e. The van der Waals surface area contributed by atoms with Gasteiger partial charge in [0.2, 0.25) is 12.2 Å². The molecule has 0 aromatic heterocycles. The second-order valence-corrected chi connectivity index (χ2v) is 5.04. The molecule has 0 saturated heterocycles. The summed E-state index contributed by atoms with van der Waals surface area (Å²) in [5, 5.41) is 2.84. The van der Waals surface area contributed by atoms with Crippen molar-refractivity contribution in [1.29, 1.82) is 0 Å². The highest BCUT2D eigenvalue weighted by molar-refractivity contribution is 5.75. The van der Waals surface area contributed by atoms with Crippen molar-refractivity contribution in [1.82, 2.24) is 5.32 Å². The molecule has 4 heteroatoms. The van der Waals surface area contributed by atoms with Gasteiger partial charge in [0.05, 0.1) is 0 Å². The monoisotopic (exact) mass is 261 g/mol. The number of hydrogen-bond acceptors (Lipinski definition) is 3. The smallest absolute Gasteiger partial charge is 0.243 e. The maximum absolute atomic E-state index is 11.2. The number of carbonyl (C=O) groups is 1. The first-order chi connectivity index (χ1) is 9.28. The lowest BCUT2D eigenvalue weighted by atomic mass is 10.1. The van der Waals surface area contributed by atoms with Crippen LogP contribution in [0.4, 0.5) is 0 Å². The molecule has 0 bridgehead atoms. The summed E-state index contributed by atoms with van der Waals surface area (Å²) < 4.78 is 11.7. The predicted molar refractivity (Wildman–Crippen MR) is 71.4 cm³/mol. The van der Waals surface area contributed by atoms with E-state index in [1.165, 1.54) is 17.5 Å². The molecule has 1 heterocycles. The van der Waals surface area contributed by atoms with E-state index in [2.05, 4.69) is 11.4 Å². The lowest BCUT2D eigenvalue weighted by Crippen LogP contribution is -2.29. The van der Waals surface area contributed by atoms with E-state index in [0.717, 1.165) is 24.3 Å². The molecule has 102 valence electrons. The van der Waals surface area contributed by atoms with Crippen LogP contribution in [0.2, 0.25) is 0 Å². The van der Waals surface area contributed by atoms with E-state index in [-0.39, 0.29) is 12.2 Å². The van der Waals surface area contributed by atoms with Gasteiger partial charge in [0.15, 0.2) is 11.5 Å². The van der Waals surface area contributed by atoms with Gasteiger partial charge in [-0.05, 0) is 30.9 Å². The van der Waals surface area contributed by atoms with Gasteiger partial charge in [0.1, 0.15) is 0 Å². The lowest BCUT2D eigenvalue weighted by molar-refractivity contribution is -0.120. The molecular formula is C15H19NO3. The first kappa shape index (κ1) is 12.3. The third-order valence-electron chi connectivity index (χ3n) is 3.73. The summed E-state index contributed by atoms with van der Waals surface area (Å²) in [6, 6.07) is 4.15. The Balaban J connectivity index is 1.60. The topological polar surface area (TPSA) is 47.6 Å². The third-order valence-corrected chi connectivity index (χ3v) is 3.73. The fourth-order valence-electron chi connectivity index (χ4n) is 2.70. The summed E-state index contributed by atoms with van der Waals surface area (Å²) in [5.41, 5.74) is 2.71. The number of carbonyl (C=O) groups excluding carboxylic acids is 1. The van der Waals surface area contributed by atoms with Crippen molar-refractivity contribution in [3.63, 3.8) is 0 Å². The lowest BCUT2D eigenvalue weighted by Gasteiger charge is -2.10. The minimum absolute atomic E-state index is 0.0661. The zero-order chi connectivity index (χ0) is 13.2. The van der Waals surface area contributed by atoms with Gasteiger partial charge in [-0.25, -0.2) is 0 Å². The second-order valence-electron chi connectivity index (χ2n) is 5.04. The second kappa shape index (κ2) is 5.11. The Bertz CT molecular complexity index is 498. The summed E-state index contributed by atoms with van der Waals surface area (Å²) >= 11 is 0. The number of benzene rings is 1. The number of rotatable bonds is 4. The summed E-state index contributed by atoms with van der Waals surface area (Å²) in [5.74, 6) is 1.85. The normalized spacial score (nSPS) is 19.3. The van der Waals surface area contributed by atoms with Crippen molar-refractivity contribution in [3.05, 3.63) is 23.3 Å². The van der Waals surface area contributed by atoms with Crippen LogP contribution in [-0.4, -0.2) is 18.7 Å². The average molecular weight is 261 g/mol. The zero-order valence-electron chi connectivity index (χ0n) is 11.2. The van der Waals surface area contributed by atoms with Gasteiger partial charge in [-0.15, -0.1) is 0 Å². The van der Waals surface area contributed by atoms with E-state index in [1.54, 1.807) is 0 Å². The van der Waals surface area contributed by atoms with Crippen molar-refractivity contribution >= 4 is 5.91 Å². The van der Waals surface area contributed by atoms with Crippen LogP contribution in [0.1, 0.15) is 37.3 Å². The van der Waals surface area contributed by atoms with Gasteiger partial charge in [-0.3, -0.25) is 4.79 Å². The number of nitrogens with one attached hydrogen (secondary N) is 1. The summed E-state index contributed by atoms with van der Waals surface area (Å²) in [6.45, 7) is 2.44. The third kappa shape index (κ3) is 2.39. The average Bonchev–Trinajstić information content (AvgIpc) is 3.03. The fourth-order valence-corrected chi connectivity index (χ4v) is 2.70. The highest BCUT2D eigenvalue weighted by atomic mass is 16.7. The molecule has 1 unspecified atom stereocenters. The summed E-state index contributed by atoms with van der Waals surface area (Å²) in [6.07, 6.45) is 4.35. The van der Waals surface area contributed by atoms with E-state index in [1.807, 2.05) is 13.0 Å². The first-order valence-corrected chi connectivity index (χ1v) is 7.02. The van der Waals surface area contributed by atoms with Crippen molar-refractivity contribution in [2.75, 3.05) is 6.54 Å². The van der Waals surface area contributed by atoms with E-state index in [9.17, 15) is 4.79 Å². The van der Waals surface area contributed by atoms with Crippen LogP contribution >= 0.6 is 0 Å². The van der Waals surface area contributed by atoms with E-state index in [4.69, 9.17) is 9.47 Å². The van der Waals surface area contributed by atoms with Crippen LogP contribution in [0.25, 0.3) is 0 Å². The van der Waals surface area contributed by atoms with Crippen LogP contribution in [0.3, 0.4) is 0 Å². The highest BCUT2D eigenvalue weighted by Crippen LogP contribution is 2.43. The Kier molecular flexibility index (Phi) is 3.32. The summed E-state index contributed by atoms with van der Waals surface area (Å²) in [7, 11) is 0. The van der Waals surface area contributed by atoms with Gasteiger partial charge in [-0.2, -0.15) is 0 Å². The Morgan fingerprint density at radius 3 is 3.11 bits per heavy atom. The minimum atomic E-state index is -0.265. The highest BCUT2D eigenvalue weighted by Gasteiger charge is 2.29. The molecule has 1 aliphatic heterocycles. The van der Waals surface area contributed by atoms with E-state index in [0.29, 0.717) is 19.4 Å². The molecule has 0 radical (unpaired) electrons. The van der Waals surface area contributed by atoms with Crippen LogP contribution in [0, 0.1) is 0 Å². The molecule has 1 aromatic rings. The molecule has 1 amide bonds. The van der Waals surface area contributed by atoms with Crippen molar-refractivity contribution in [2.45, 2.75) is 45.3 Å². The fraction of sp³-hybridized carbons (Fsp3) is 0.533. The molecule has 1 aliphatic carbocycles. The molecule has 0 saturated carbocycles. The Morgan fingerprint density at radius 2 is 2.26 bits per heavy atom. The van der Waals surface area contributed by atoms with Crippen molar-refractivity contribution < 1.29 is 14.3 Å². The quantitative estimate of drug-likeness (QED) is 0.903. The molecular weight excluding hydrogens is 242 g/mol. The van der Waals surface area contributed by atoms with Crippen molar-refractivity contribution in [3.8, 4) is 11.5 Å². The largest absolute Gasteiger partial charge is 0.451 e. The van der Waals surface area contributed by atoms with Crippen LogP contribution in [0.15, 0.2) is 12.1 Å². The summed E-state index contributed by atoms with van der Waals surface area (Å²) in [4.78, 5) is 11.2. The van der Waals surface area contributed by atoms with Crippen molar-refractivity contribution in [2.24, 2.45) is 0 Å². The molecule has 1 atom stereocenters. The maximum atomic E-state index is 11.2. The van der Waals surface area contributed by atoms with Gasteiger partial charge in [0.25, 0.3) is 0 Å². The molecule has 19 heavy (non-hydrogen) atoms. The van der Waals surface area contributed by atoms with Gasteiger partial charge >= 0.3 is 0 Å². The number of aryl methyl sites for hydroxylation is 1. The SMILES string of the molecule is CCC(=O)NCCC1Oc2ccc3c(c2O1)CCC3. The molecule has 3 rings (SSSR count). The maximum Gasteiger partial charge on any atom is 0.243 e. The molecule has 4 nitrogen and oxygen atoms in total. The Labute approximate surface area is 113 Å². The molecule has 1 aromatic carbocycles. The molecule has 2 aliphatic rings. The first-order valence-electron chi connectivity index (χ1n) is 7.02. The molecule has 0 spiro atoms. The molecule has 0 fully saturated rings. The number of hydrogen-bond donors (Lipinski definition) is 1. The van der Waals surface area contributed by atoms with Crippen LogP contribution < -0.4 is 14.8 Å². The van der Waals surface area contributed by atoms with Gasteiger partial charge in [-0.1, -0.05) is 13.0 Å². The van der Waals surface area contributed by atoms with Crippen LogP contribution in [0.5, 0.6) is 11.5 Å². The van der Waals surface area contributed by atoms with E-state index >= 15 is 0 Å². The standard InChI is InChI=1S/C15H19NO3/c1-2-13(17)16-9-8-14-18-12-7-6-10-4-3-5-11(10)15(12)19-14/h6-7,14H,2-5,8-9H2,1H3,(H,16,17). The Hall–Kier alpha value is -1.71. The molecule has 1 N–H and O–H groups in total.